The molecular formula is C22H27F3N2O. The van der Waals surface area contributed by atoms with Crippen molar-refractivity contribution in [1.82, 2.24) is 9.80 Å². The highest BCUT2D eigenvalue weighted by molar-refractivity contribution is 5.34. The molecule has 28 heavy (non-hydrogen) atoms. The number of fused-ring (bicyclic) bond motifs is 1. The molecule has 0 spiro atoms. The molecule has 1 heterocycles. The van der Waals surface area contributed by atoms with E-state index >= 15 is 0 Å². The summed E-state index contributed by atoms with van der Waals surface area (Å²) in [5, 5.41) is 0. The predicted molar refractivity (Wildman–Crippen MR) is 105 cm³/mol. The third-order valence-corrected chi connectivity index (χ3v) is 5.06. The van der Waals surface area contributed by atoms with Crippen LogP contribution in [0.15, 0.2) is 48.5 Å². The number of hydrogen-bond acceptors (Lipinski definition) is 3. The molecule has 152 valence electrons. The Hall–Kier alpha value is -2.05. The van der Waals surface area contributed by atoms with Crippen LogP contribution in [-0.4, -0.2) is 50.1 Å². The second-order valence-electron chi connectivity index (χ2n) is 7.53. The number of benzene rings is 2. The predicted octanol–water partition coefficient (Wildman–Crippen LogP) is 4.64. The maximum atomic E-state index is 12.8. The highest BCUT2D eigenvalue weighted by Crippen LogP contribution is 2.32. The average Bonchev–Trinajstić information content (AvgIpc) is 2.81. The molecule has 6 heteroatoms. The van der Waals surface area contributed by atoms with Crippen LogP contribution in [-0.2, 0) is 12.6 Å². The second-order valence-corrected chi connectivity index (χ2v) is 7.53. The van der Waals surface area contributed by atoms with Crippen molar-refractivity contribution in [2.24, 2.45) is 0 Å². The number of alkyl halides is 3. The standard InChI is InChI=1S/C22H27F3N2O/c1-26(2)13-5-14-27-15-12-17-6-3-4-7-20(17)21(16-27)28-19-10-8-18(9-11-19)22(23,24)25/h3-4,6-11,21H,5,12-16H2,1-2H3. The lowest BCUT2D eigenvalue weighted by Gasteiger charge is -2.26. The molecule has 2 aromatic carbocycles. The molecule has 1 aliphatic rings. The van der Waals surface area contributed by atoms with Gasteiger partial charge >= 0.3 is 6.18 Å². The summed E-state index contributed by atoms with van der Waals surface area (Å²) in [5.74, 6) is 0.461. The minimum absolute atomic E-state index is 0.199. The van der Waals surface area contributed by atoms with Crippen molar-refractivity contribution in [3.8, 4) is 5.75 Å². The Balaban J connectivity index is 1.75. The maximum Gasteiger partial charge on any atom is 0.416 e. The quantitative estimate of drug-likeness (QED) is 0.713. The molecule has 0 aromatic heterocycles. The minimum atomic E-state index is -4.34. The van der Waals surface area contributed by atoms with Crippen LogP contribution in [0, 0.1) is 0 Å². The van der Waals surface area contributed by atoms with Crippen molar-refractivity contribution in [3.63, 3.8) is 0 Å². The van der Waals surface area contributed by atoms with E-state index in [0.29, 0.717) is 5.75 Å². The van der Waals surface area contributed by atoms with E-state index in [-0.39, 0.29) is 6.10 Å². The fourth-order valence-corrected chi connectivity index (χ4v) is 3.58. The number of halogens is 3. The van der Waals surface area contributed by atoms with Crippen molar-refractivity contribution >= 4 is 0 Å². The fourth-order valence-electron chi connectivity index (χ4n) is 3.58. The van der Waals surface area contributed by atoms with Crippen LogP contribution in [0.2, 0.25) is 0 Å². The third-order valence-electron chi connectivity index (χ3n) is 5.06. The highest BCUT2D eigenvalue weighted by Gasteiger charge is 2.30. The fraction of sp³-hybridized carbons (Fsp3) is 0.455. The van der Waals surface area contributed by atoms with Gasteiger partial charge in [-0.25, -0.2) is 0 Å². The summed E-state index contributed by atoms with van der Waals surface area (Å²) in [5.41, 5.74) is 1.71. The molecule has 1 aliphatic heterocycles. The highest BCUT2D eigenvalue weighted by atomic mass is 19.4. The molecule has 3 rings (SSSR count). The molecule has 1 unspecified atom stereocenters. The molecule has 0 amide bonds. The van der Waals surface area contributed by atoms with E-state index in [2.05, 4.69) is 36.0 Å². The average molecular weight is 392 g/mol. The van der Waals surface area contributed by atoms with Gasteiger partial charge in [0.15, 0.2) is 0 Å². The second kappa shape index (κ2) is 8.97. The van der Waals surface area contributed by atoms with Crippen molar-refractivity contribution in [2.45, 2.75) is 25.1 Å². The van der Waals surface area contributed by atoms with Crippen molar-refractivity contribution in [3.05, 3.63) is 65.2 Å². The molecule has 0 saturated carbocycles. The van der Waals surface area contributed by atoms with Crippen LogP contribution in [0.1, 0.15) is 29.2 Å². The van der Waals surface area contributed by atoms with Gasteiger partial charge in [-0.2, -0.15) is 13.2 Å². The molecule has 0 fully saturated rings. The Morgan fingerprint density at radius 3 is 2.46 bits per heavy atom. The van der Waals surface area contributed by atoms with Gasteiger partial charge in [0.2, 0.25) is 0 Å². The zero-order valence-electron chi connectivity index (χ0n) is 16.4. The van der Waals surface area contributed by atoms with Crippen LogP contribution >= 0.6 is 0 Å². The summed E-state index contributed by atoms with van der Waals surface area (Å²) in [6, 6.07) is 13.2. The number of nitrogens with zero attached hydrogens (tertiary/aromatic N) is 2. The van der Waals surface area contributed by atoms with E-state index < -0.39 is 11.7 Å². The number of rotatable bonds is 6. The van der Waals surface area contributed by atoms with Gasteiger partial charge in [-0.05, 0) is 75.4 Å². The van der Waals surface area contributed by atoms with Gasteiger partial charge < -0.3 is 9.64 Å². The van der Waals surface area contributed by atoms with Gasteiger partial charge in [0.25, 0.3) is 0 Å². The first kappa shape index (κ1) is 20.7. The first-order valence-electron chi connectivity index (χ1n) is 9.62. The first-order chi connectivity index (χ1) is 13.3. The summed E-state index contributed by atoms with van der Waals surface area (Å²) in [7, 11) is 4.13. The van der Waals surface area contributed by atoms with Crippen LogP contribution in [0.3, 0.4) is 0 Å². The first-order valence-corrected chi connectivity index (χ1v) is 9.62. The van der Waals surface area contributed by atoms with Gasteiger partial charge in [-0.1, -0.05) is 24.3 Å². The van der Waals surface area contributed by atoms with Gasteiger partial charge in [0.05, 0.1) is 5.56 Å². The lowest BCUT2D eigenvalue weighted by molar-refractivity contribution is -0.137. The van der Waals surface area contributed by atoms with E-state index in [4.69, 9.17) is 4.74 Å². The zero-order valence-corrected chi connectivity index (χ0v) is 16.4. The molecule has 1 atom stereocenters. The lowest BCUT2D eigenvalue weighted by atomic mass is 10.0. The summed E-state index contributed by atoms with van der Waals surface area (Å²) < 4.78 is 44.6. The number of hydrogen-bond donors (Lipinski definition) is 0. The van der Waals surface area contributed by atoms with E-state index in [1.165, 1.54) is 17.7 Å². The zero-order chi connectivity index (χ0) is 20.1. The summed E-state index contributed by atoms with van der Waals surface area (Å²) >= 11 is 0. The van der Waals surface area contributed by atoms with Gasteiger partial charge in [0.1, 0.15) is 11.9 Å². The molecule has 2 aromatic rings. The normalized spacial score (nSPS) is 18.0. The van der Waals surface area contributed by atoms with Crippen molar-refractivity contribution in [2.75, 3.05) is 40.3 Å². The van der Waals surface area contributed by atoms with E-state index in [9.17, 15) is 13.2 Å². The molecule has 0 saturated heterocycles. The largest absolute Gasteiger partial charge is 0.484 e. The molecule has 0 aliphatic carbocycles. The Kier molecular flexibility index (Phi) is 6.62. The van der Waals surface area contributed by atoms with Gasteiger partial charge in [-0.3, -0.25) is 4.90 Å². The molecular weight excluding hydrogens is 365 g/mol. The topological polar surface area (TPSA) is 15.7 Å². The lowest BCUT2D eigenvalue weighted by Crippen LogP contribution is -2.32. The Morgan fingerprint density at radius 2 is 1.79 bits per heavy atom. The molecule has 0 radical (unpaired) electrons. The maximum absolute atomic E-state index is 12.8. The van der Waals surface area contributed by atoms with Crippen molar-refractivity contribution < 1.29 is 17.9 Å². The van der Waals surface area contributed by atoms with Crippen LogP contribution in [0.5, 0.6) is 5.75 Å². The Bertz CT molecular complexity index is 759. The van der Waals surface area contributed by atoms with Gasteiger partial charge in [-0.15, -0.1) is 0 Å². The van der Waals surface area contributed by atoms with E-state index in [1.807, 2.05) is 12.1 Å². The Labute approximate surface area is 164 Å². The third kappa shape index (κ3) is 5.49. The SMILES string of the molecule is CN(C)CCCN1CCc2ccccc2C(Oc2ccc(C(F)(F)F)cc2)C1. The van der Waals surface area contributed by atoms with Gasteiger partial charge in [0, 0.05) is 13.1 Å². The summed E-state index contributed by atoms with van der Waals surface area (Å²) in [4.78, 5) is 4.56. The minimum Gasteiger partial charge on any atom is -0.484 e. The van der Waals surface area contributed by atoms with Crippen LogP contribution in [0.25, 0.3) is 0 Å². The molecule has 0 bridgehead atoms. The van der Waals surface area contributed by atoms with E-state index in [1.54, 1.807) is 0 Å². The molecule has 3 nitrogen and oxygen atoms in total. The number of ether oxygens (including phenoxy) is 1. The molecule has 0 N–H and O–H groups in total. The monoisotopic (exact) mass is 392 g/mol. The van der Waals surface area contributed by atoms with Crippen LogP contribution in [0.4, 0.5) is 13.2 Å². The Morgan fingerprint density at radius 1 is 1.07 bits per heavy atom. The summed E-state index contributed by atoms with van der Waals surface area (Å²) in [6.07, 6.45) is -2.52. The van der Waals surface area contributed by atoms with Crippen molar-refractivity contribution in [1.29, 1.82) is 0 Å². The smallest absolute Gasteiger partial charge is 0.416 e. The van der Waals surface area contributed by atoms with Crippen LogP contribution < -0.4 is 4.74 Å². The summed E-state index contributed by atoms with van der Waals surface area (Å²) in [6.45, 7) is 3.68. The van der Waals surface area contributed by atoms with E-state index in [0.717, 1.165) is 56.7 Å².